The Kier molecular flexibility index (Phi) is 5.97. The fourth-order valence-corrected chi connectivity index (χ4v) is 4.29. The lowest BCUT2D eigenvalue weighted by molar-refractivity contribution is 0.170. The van der Waals surface area contributed by atoms with Gasteiger partial charge >= 0.3 is 0 Å². The predicted molar refractivity (Wildman–Crippen MR) is 115 cm³/mol. The van der Waals surface area contributed by atoms with Crippen LogP contribution < -0.4 is 4.74 Å². The van der Waals surface area contributed by atoms with E-state index in [2.05, 4.69) is 64.1 Å². The Bertz CT molecular complexity index is 915. The summed E-state index contributed by atoms with van der Waals surface area (Å²) in [6.45, 7) is 3.41. The number of aromatic nitrogens is 2. The SMILES string of the molecule is CN1CCC(Cn2ccnc2-c2cccc(OCCO)c2)(c2ccccc2)CC1. The van der Waals surface area contributed by atoms with Crippen LogP contribution >= 0.6 is 0 Å². The van der Waals surface area contributed by atoms with Crippen LogP contribution in [0.3, 0.4) is 0 Å². The molecule has 1 aliphatic rings. The van der Waals surface area contributed by atoms with Crippen molar-refractivity contribution in [2.45, 2.75) is 24.8 Å². The zero-order chi connectivity index (χ0) is 20.1. The number of aliphatic hydroxyl groups is 1. The van der Waals surface area contributed by atoms with Crippen molar-refractivity contribution in [3.63, 3.8) is 0 Å². The Labute approximate surface area is 172 Å². The van der Waals surface area contributed by atoms with Gasteiger partial charge in [0.15, 0.2) is 0 Å². The number of imidazole rings is 1. The van der Waals surface area contributed by atoms with E-state index < -0.39 is 0 Å². The number of benzene rings is 2. The van der Waals surface area contributed by atoms with Crippen molar-refractivity contribution >= 4 is 0 Å². The van der Waals surface area contributed by atoms with Crippen LogP contribution in [0.1, 0.15) is 18.4 Å². The second-order valence-corrected chi connectivity index (χ2v) is 7.93. The maximum absolute atomic E-state index is 9.02. The number of hydrogen-bond donors (Lipinski definition) is 1. The van der Waals surface area contributed by atoms with Gasteiger partial charge in [0.1, 0.15) is 18.2 Å². The second-order valence-electron chi connectivity index (χ2n) is 7.93. The lowest BCUT2D eigenvalue weighted by Gasteiger charge is -2.41. The van der Waals surface area contributed by atoms with Crippen molar-refractivity contribution in [2.24, 2.45) is 0 Å². The molecule has 2 aromatic carbocycles. The molecule has 0 amide bonds. The summed E-state index contributed by atoms with van der Waals surface area (Å²) in [7, 11) is 2.20. The molecule has 5 heteroatoms. The molecule has 3 aromatic rings. The molecule has 0 spiro atoms. The highest BCUT2D eigenvalue weighted by atomic mass is 16.5. The van der Waals surface area contributed by atoms with Gasteiger partial charge < -0.3 is 19.3 Å². The highest BCUT2D eigenvalue weighted by molar-refractivity contribution is 5.58. The Morgan fingerprint density at radius 1 is 1.07 bits per heavy atom. The number of ether oxygens (including phenoxy) is 1. The van der Waals surface area contributed by atoms with Gasteiger partial charge in [-0.3, -0.25) is 0 Å². The number of hydrogen-bond acceptors (Lipinski definition) is 4. The van der Waals surface area contributed by atoms with Crippen molar-refractivity contribution in [3.05, 3.63) is 72.6 Å². The van der Waals surface area contributed by atoms with Gasteiger partial charge in [0.2, 0.25) is 0 Å². The summed E-state index contributed by atoms with van der Waals surface area (Å²) in [4.78, 5) is 7.08. The van der Waals surface area contributed by atoms with Crippen LogP contribution in [0, 0.1) is 0 Å². The van der Waals surface area contributed by atoms with Gasteiger partial charge in [-0.1, -0.05) is 42.5 Å². The van der Waals surface area contributed by atoms with Crippen LogP contribution in [-0.4, -0.2) is 52.9 Å². The lowest BCUT2D eigenvalue weighted by atomic mass is 9.72. The number of piperidine rings is 1. The molecule has 0 bridgehead atoms. The van der Waals surface area contributed by atoms with E-state index in [1.807, 2.05) is 24.4 Å². The van der Waals surface area contributed by atoms with Gasteiger partial charge in [-0.2, -0.15) is 0 Å². The maximum atomic E-state index is 9.02. The first-order chi connectivity index (χ1) is 14.2. The number of nitrogens with zero attached hydrogens (tertiary/aromatic N) is 3. The molecular weight excluding hydrogens is 362 g/mol. The molecule has 0 radical (unpaired) electrons. The van der Waals surface area contributed by atoms with E-state index in [4.69, 9.17) is 9.84 Å². The van der Waals surface area contributed by atoms with Crippen molar-refractivity contribution in [1.29, 1.82) is 0 Å². The fourth-order valence-electron chi connectivity index (χ4n) is 4.29. The number of aliphatic hydroxyl groups excluding tert-OH is 1. The van der Waals surface area contributed by atoms with Crippen LogP contribution in [0.4, 0.5) is 0 Å². The van der Waals surface area contributed by atoms with Crippen LogP contribution in [0.15, 0.2) is 67.0 Å². The Morgan fingerprint density at radius 3 is 2.62 bits per heavy atom. The van der Waals surface area contributed by atoms with Crippen LogP contribution in [0.5, 0.6) is 5.75 Å². The molecule has 4 rings (SSSR count). The maximum Gasteiger partial charge on any atom is 0.140 e. The molecule has 2 heterocycles. The molecule has 5 nitrogen and oxygen atoms in total. The Morgan fingerprint density at radius 2 is 1.86 bits per heavy atom. The summed E-state index contributed by atoms with van der Waals surface area (Å²) in [6, 6.07) is 18.9. The minimum atomic E-state index is 0.00684. The standard InChI is InChI=1S/C24H29N3O2/c1-26-13-10-24(11-14-26,21-7-3-2-4-8-21)19-27-15-12-25-23(27)20-6-5-9-22(18-20)29-17-16-28/h2-9,12,15,18,28H,10-11,13-14,16-17,19H2,1H3. The molecular formula is C24H29N3O2. The summed E-state index contributed by atoms with van der Waals surface area (Å²) in [5, 5.41) is 9.02. The zero-order valence-electron chi connectivity index (χ0n) is 17.0. The molecule has 1 saturated heterocycles. The van der Waals surface area contributed by atoms with Crippen LogP contribution in [0.25, 0.3) is 11.4 Å². The van der Waals surface area contributed by atoms with Crippen LogP contribution in [-0.2, 0) is 12.0 Å². The summed E-state index contributed by atoms with van der Waals surface area (Å²) >= 11 is 0. The Balaban J connectivity index is 1.65. The summed E-state index contributed by atoms with van der Waals surface area (Å²) in [6.07, 6.45) is 6.22. The normalized spacial score (nSPS) is 16.6. The van der Waals surface area contributed by atoms with Gasteiger partial charge in [-0.15, -0.1) is 0 Å². The number of likely N-dealkylation sites (tertiary alicyclic amines) is 1. The monoisotopic (exact) mass is 391 g/mol. The molecule has 0 atom stereocenters. The molecule has 1 aliphatic heterocycles. The highest BCUT2D eigenvalue weighted by Gasteiger charge is 2.36. The van der Waals surface area contributed by atoms with Gasteiger partial charge in [0.25, 0.3) is 0 Å². The van der Waals surface area contributed by atoms with E-state index in [1.54, 1.807) is 0 Å². The van der Waals surface area contributed by atoms with Crippen LogP contribution in [0.2, 0.25) is 0 Å². The first-order valence-corrected chi connectivity index (χ1v) is 10.3. The lowest BCUT2D eigenvalue weighted by Crippen LogP contribution is -2.43. The third-order valence-corrected chi connectivity index (χ3v) is 5.97. The summed E-state index contributed by atoms with van der Waals surface area (Å²) in [5.41, 5.74) is 2.54. The van der Waals surface area contributed by atoms with Gasteiger partial charge in [-0.05, 0) is 50.7 Å². The fraction of sp³-hybridized carbons (Fsp3) is 0.375. The van der Waals surface area contributed by atoms with E-state index in [1.165, 1.54) is 5.56 Å². The first kappa shape index (κ1) is 19.7. The third kappa shape index (κ3) is 4.36. The highest BCUT2D eigenvalue weighted by Crippen LogP contribution is 2.38. The second kappa shape index (κ2) is 8.80. The smallest absolute Gasteiger partial charge is 0.140 e. The quantitative estimate of drug-likeness (QED) is 0.669. The Hall–Kier alpha value is -2.63. The minimum Gasteiger partial charge on any atom is -0.491 e. The summed E-state index contributed by atoms with van der Waals surface area (Å²) in [5.74, 6) is 1.71. The van der Waals surface area contributed by atoms with E-state index in [0.717, 1.165) is 49.6 Å². The first-order valence-electron chi connectivity index (χ1n) is 10.3. The van der Waals surface area contributed by atoms with Gasteiger partial charge in [0.05, 0.1) is 6.61 Å². The zero-order valence-corrected chi connectivity index (χ0v) is 17.0. The average molecular weight is 392 g/mol. The topological polar surface area (TPSA) is 50.5 Å². The molecule has 152 valence electrons. The van der Waals surface area contributed by atoms with Crippen molar-refractivity contribution in [2.75, 3.05) is 33.4 Å². The summed E-state index contributed by atoms with van der Waals surface area (Å²) < 4.78 is 7.87. The largest absolute Gasteiger partial charge is 0.491 e. The molecule has 0 saturated carbocycles. The molecule has 29 heavy (non-hydrogen) atoms. The molecule has 1 fully saturated rings. The van der Waals surface area contributed by atoms with E-state index in [9.17, 15) is 0 Å². The molecule has 1 N–H and O–H groups in total. The predicted octanol–water partition coefficient (Wildman–Crippen LogP) is 3.58. The molecule has 0 aliphatic carbocycles. The molecule has 1 aromatic heterocycles. The third-order valence-electron chi connectivity index (χ3n) is 5.97. The van der Waals surface area contributed by atoms with E-state index in [0.29, 0.717) is 6.61 Å². The number of rotatable bonds is 7. The van der Waals surface area contributed by atoms with Gasteiger partial charge in [0, 0.05) is 29.9 Å². The van der Waals surface area contributed by atoms with Gasteiger partial charge in [-0.25, -0.2) is 4.98 Å². The van der Waals surface area contributed by atoms with Crippen molar-refractivity contribution < 1.29 is 9.84 Å². The van der Waals surface area contributed by atoms with E-state index in [-0.39, 0.29) is 12.0 Å². The van der Waals surface area contributed by atoms with Crippen molar-refractivity contribution in [3.8, 4) is 17.1 Å². The van der Waals surface area contributed by atoms with Crippen molar-refractivity contribution in [1.82, 2.24) is 14.5 Å². The van der Waals surface area contributed by atoms with E-state index >= 15 is 0 Å². The average Bonchev–Trinajstić information content (AvgIpc) is 3.23. The molecule has 0 unspecified atom stereocenters. The minimum absolute atomic E-state index is 0.00684.